The summed E-state index contributed by atoms with van der Waals surface area (Å²) in [5.41, 5.74) is 0.817. The van der Waals surface area contributed by atoms with Gasteiger partial charge in [-0.2, -0.15) is 0 Å². The van der Waals surface area contributed by atoms with Gasteiger partial charge in [0.1, 0.15) is 5.38 Å². The average Bonchev–Trinajstić information content (AvgIpc) is 2.36. The molecule has 1 N–H and O–H groups in total. The molecule has 0 saturated carbocycles. The molecule has 0 radical (unpaired) electrons. The van der Waals surface area contributed by atoms with Gasteiger partial charge in [0.15, 0.2) is 0 Å². The Hall–Kier alpha value is -1.03. The molecule has 0 aromatic carbocycles. The van der Waals surface area contributed by atoms with E-state index in [0.29, 0.717) is 6.42 Å². The highest BCUT2D eigenvalue weighted by Crippen LogP contribution is 2.06. The Morgan fingerprint density at radius 2 is 2.58 bits per heavy atom. The van der Waals surface area contributed by atoms with Crippen molar-refractivity contribution in [2.45, 2.75) is 11.8 Å². The van der Waals surface area contributed by atoms with Gasteiger partial charge < -0.3 is 9.67 Å². The minimum Gasteiger partial charge on any atom is -0.480 e. The first-order valence-electron chi connectivity index (χ1n) is 3.43. The van der Waals surface area contributed by atoms with E-state index in [2.05, 4.69) is 4.98 Å². The fraction of sp³-hybridized carbons (Fsp3) is 0.429. The third-order valence-corrected chi connectivity index (χ3v) is 1.91. The average molecular weight is 189 g/mol. The SMILES string of the molecule is Cn1cncc1CC(Cl)C(=O)O. The summed E-state index contributed by atoms with van der Waals surface area (Å²) in [7, 11) is 1.80. The van der Waals surface area contributed by atoms with Crippen molar-refractivity contribution in [2.75, 3.05) is 0 Å². The molecule has 0 aliphatic carbocycles. The van der Waals surface area contributed by atoms with Crippen molar-refractivity contribution in [3.63, 3.8) is 0 Å². The van der Waals surface area contributed by atoms with Gasteiger partial charge in [0.05, 0.1) is 6.33 Å². The Morgan fingerprint density at radius 1 is 1.92 bits per heavy atom. The van der Waals surface area contributed by atoms with E-state index in [1.807, 2.05) is 0 Å². The lowest BCUT2D eigenvalue weighted by Crippen LogP contribution is -2.17. The summed E-state index contributed by atoms with van der Waals surface area (Å²) in [5, 5.41) is 7.64. The third kappa shape index (κ3) is 1.98. The molecular formula is C7H9ClN2O2. The van der Waals surface area contributed by atoms with Crippen LogP contribution >= 0.6 is 11.6 Å². The summed E-state index contributed by atoms with van der Waals surface area (Å²) in [6, 6.07) is 0. The van der Waals surface area contributed by atoms with Crippen molar-refractivity contribution < 1.29 is 9.90 Å². The molecule has 0 aliphatic heterocycles. The number of carbonyl (C=O) groups is 1. The molecule has 1 aromatic rings. The molecule has 0 spiro atoms. The highest BCUT2D eigenvalue weighted by Gasteiger charge is 2.15. The highest BCUT2D eigenvalue weighted by molar-refractivity contribution is 6.29. The van der Waals surface area contributed by atoms with Gasteiger partial charge in [-0.05, 0) is 0 Å². The van der Waals surface area contributed by atoms with E-state index in [9.17, 15) is 4.79 Å². The Morgan fingerprint density at radius 3 is 3.00 bits per heavy atom. The molecule has 0 fully saturated rings. The zero-order valence-corrected chi connectivity index (χ0v) is 7.32. The maximum atomic E-state index is 10.4. The van der Waals surface area contributed by atoms with Crippen molar-refractivity contribution >= 4 is 17.6 Å². The van der Waals surface area contributed by atoms with Crippen LogP contribution in [-0.2, 0) is 18.3 Å². The van der Waals surface area contributed by atoms with Crippen LogP contribution in [0.4, 0.5) is 0 Å². The predicted molar refractivity (Wildman–Crippen MR) is 44.2 cm³/mol. The van der Waals surface area contributed by atoms with Crippen LogP contribution in [0, 0.1) is 0 Å². The molecule has 1 unspecified atom stereocenters. The molecule has 66 valence electrons. The first-order valence-corrected chi connectivity index (χ1v) is 3.87. The number of carboxylic acids is 1. The van der Waals surface area contributed by atoms with Crippen molar-refractivity contribution in [3.8, 4) is 0 Å². The van der Waals surface area contributed by atoms with Crippen molar-refractivity contribution in [2.24, 2.45) is 7.05 Å². The molecular weight excluding hydrogens is 180 g/mol. The Labute approximate surface area is 74.8 Å². The molecule has 1 heterocycles. The zero-order chi connectivity index (χ0) is 9.14. The quantitative estimate of drug-likeness (QED) is 0.709. The van der Waals surface area contributed by atoms with E-state index < -0.39 is 11.3 Å². The molecule has 5 heteroatoms. The maximum absolute atomic E-state index is 10.4. The van der Waals surface area contributed by atoms with E-state index in [4.69, 9.17) is 16.7 Å². The summed E-state index contributed by atoms with van der Waals surface area (Å²) in [5.74, 6) is -1.00. The van der Waals surface area contributed by atoms with Crippen LogP contribution < -0.4 is 0 Å². The van der Waals surface area contributed by atoms with Crippen molar-refractivity contribution in [1.82, 2.24) is 9.55 Å². The van der Waals surface area contributed by atoms with Crippen molar-refractivity contribution in [1.29, 1.82) is 0 Å². The number of aliphatic carboxylic acids is 1. The molecule has 0 saturated heterocycles. The van der Waals surface area contributed by atoms with Gasteiger partial charge in [0.25, 0.3) is 0 Å². The van der Waals surface area contributed by atoms with Crippen LogP contribution in [0.1, 0.15) is 5.69 Å². The van der Waals surface area contributed by atoms with E-state index in [0.717, 1.165) is 5.69 Å². The largest absolute Gasteiger partial charge is 0.480 e. The lowest BCUT2D eigenvalue weighted by Gasteiger charge is -2.03. The van der Waals surface area contributed by atoms with Crippen LogP contribution in [0.3, 0.4) is 0 Å². The molecule has 12 heavy (non-hydrogen) atoms. The number of imidazole rings is 1. The number of aryl methyl sites for hydroxylation is 1. The summed E-state index contributed by atoms with van der Waals surface area (Å²) in [6.45, 7) is 0. The fourth-order valence-corrected chi connectivity index (χ4v) is 1.01. The normalized spacial score (nSPS) is 12.8. The predicted octanol–water partition coefficient (Wildman–Crippen LogP) is 0.655. The first-order chi connectivity index (χ1) is 5.61. The number of hydrogen-bond acceptors (Lipinski definition) is 2. The van der Waals surface area contributed by atoms with Crippen LogP contribution in [0.5, 0.6) is 0 Å². The molecule has 0 amide bonds. The zero-order valence-electron chi connectivity index (χ0n) is 6.57. The van der Waals surface area contributed by atoms with Crippen LogP contribution in [-0.4, -0.2) is 26.0 Å². The number of carboxylic acid groups (broad SMARTS) is 1. The second-order valence-electron chi connectivity index (χ2n) is 2.51. The van der Waals surface area contributed by atoms with E-state index in [-0.39, 0.29) is 0 Å². The Kier molecular flexibility index (Phi) is 2.70. The van der Waals surface area contributed by atoms with Gasteiger partial charge in [-0.25, -0.2) is 4.98 Å². The highest BCUT2D eigenvalue weighted by atomic mass is 35.5. The number of rotatable bonds is 3. The Bertz CT molecular complexity index is 285. The minimum absolute atomic E-state index is 0.299. The number of nitrogens with zero attached hydrogens (tertiary/aromatic N) is 2. The van der Waals surface area contributed by atoms with E-state index >= 15 is 0 Å². The maximum Gasteiger partial charge on any atom is 0.322 e. The third-order valence-electron chi connectivity index (χ3n) is 1.57. The number of alkyl halides is 1. The standard InChI is InChI=1S/C7H9ClN2O2/c1-10-4-9-3-5(10)2-6(8)7(11)12/h3-4,6H,2H2,1H3,(H,11,12). The number of halogens is 1. The molecule has 0 aliphatic rings. The second kappa shape index (κ2) is 3.58. The summed E-state index contributed by atoms with van der Waals surface area (Å²) < 4.78 is 1.75. The summed E-state index contributed by atoms with van der Waals surface area (Å²) >= 11 is 5.54. The minimum atomic E-state index is -1.00. The monoisotopic (exact) mass is 188 g/mol. The van der Waals surface area contributed by atoms with Gasteiger partial charge in [-0.3, -0.25) is 4.79 Å². The van der Waals surface area contributed by atoms with Gasteiger partial charge in [0.2, 0.25) is 0 Å². The molecule has 4 nitrogen and oxygen atoms in total. The topological polar surface area (TPSA) is 55.1 Å². The van der Waals surface area contributed by atoms with Crippen molar-refractivity contribution in [3.05, 3.63) is 18.2 Å². The van der Waals surface area contributed by atoms with E-state index in [1.165, 1.54) is 0 Å². The molecule has 0 bridgehead atoms. The van der Waals surface area contributed by atoms with Gasteiger partial charge in [-0.1, -0.05) is 0 Å². The first kappa shape index (κ1) is 9.06. The fourth-order valence-electron chi connectivity index (χ4n) is 0.852. The molecule has 1 atom stereocenters. The second-order valence-corrected chi connectivity index (χ2v) is 3.03. The summed E-state index contributed by atoms with van der Waals surface area (Å²) in [4.78, 5) is 14.2. The van der Waals surface area contributed by atoms with Gasteiger partial charge in [-0.15, -0.1) is 11.6 Å². The lowest BCUT2D eigenvalue weighted by atomic mass is 10.2. The van der Waals surface area contributed by atoms with E-state index in [1.54, 1.807) is 24.1 Å². The summed E-state index contributed by atoms with van der Waals surface area (Å²) in [6.07, 6.45) is 3.52. The molecule has 1 aromatic heterocycles. The lowest BCUT2D eigenvalue weighted by molar-refractivity contribution is -0.136. The van der Waals surface area contributed by atoms with Gasteiger partial charge in [0, 0.05) is 25.4 Å². The number of hydrogen-bond donors (Lipinski definition) is 1. The van der Waals surface area contributed by atoms with Gasteiger partial charge >= 0.3 is 5.97 Å². The Balaban J connectivity index is 2.64. The van der Waals surface area contributed by atoms with Crippen LogP contribution in [0.2, 0.25) is 0 Å². The number of aromatic nitrogens is 2. The molecule has 1 rings (SSSR count). The van der Waals surface area contributed by atoms with Crippen LogP contribution in [0.25, 0.3) is 0 Å². The van der Waals surface area contributed by atoms with Crippen LogP contribution in [0.15, 0.2) is 12.5 Å². The smallest absolute Gasteiger partial charge is 0.322 e.